The molecule has 2 aromatic heterocycles. The number of imide groups is 1. The third-order valence-electron chi connectivity index (χ3n) is 3.42. The molecule has 10 heteroatoms. The van der Waals surface area contributed by atoms with Gasteiger partial charge in [0.05, 0.1) is 21.4 Å². The highest BCUT2D eigenvalue weighted by atomic mass is 79.9. The summed E-state index contributed by atoms with van der Waals surface area (Å²) in [5.41, 5.74) is 1.62. The van der Waals surface area contributed by atoms with Gasteiger partial charge in [0.2, 0.25) is 0 Å². The molecule has 0 unspecified atom stereocenters. The number of anilines is 1. The van der Waals surface area contributed by atoms with Crippen LogP contribution in [0.5, 0.6) is 0 Å². The number of aromatic nitrogens is 2. The molecule has 26 heavy (non-hydrogen) atoms. The molecular weight excluding hydrogens is 450 g/mol. The molecule has 138 valence electrons. The number of hydrogen-bond donors (Lipinski definition) is 2. The van der Waals surface area contributed by atoms with Gasteiger partial charge in [0, 0.05) is 6.20 Å². The second kappa shape index (κ2) is 8.28. The quantitative estimate of drug-likeness (QED) is 0.621. The van der Waals surface area contributed by atoms with Gasteiger partial charge in [0.15, 0.2) is 11.0 Å². The molecule has 0 fully saturated rings. The molecule has 0 aliphatic carbocycles. The van der Waals surface area contributed by atoms with Crippen molar-refractivity contribution in [2.75, 3.05) is 5.32 Å². The number of rotatable bonds is 3. The molecule has 3 amide bonds. The summed E-state index contributed by atoms with van der Waals surface area (Å²) in [4.78, 5) is 32.3. The molecule has 0 radical (unpaired) electrons. The number of nitrogens with zero attached hydrogens (tertiary/aromatic N) is 2. The van der Waals surface area contributed by atoms with Crippen LogP contribution in [0.15, 0.2) is 16.7 Å². The summed E-state index contributed by atoms with van der Waals surface area (Å²) in [6, 6.07) is 0.918. The predicted molar refractivity (Wildman–Crippen MR) is 101 cm³/mol. The molecule has 0 aliphatic heterocycles. The normalized spacial score (nSPS) is 10.8. The van der Waals surface area contributed by atoms with E-state index in [-0.39, 0.29) is 21.1 Å². The summed E-state index contributed by atoms with van der Waals surface area (Å²) in [5.74, 6) is -1.83. The fourth-order valence-corrected chi connectivity index (χ4v) is 3.44. The van der Waals surface area contributed by atoms with Crippen LogP contribution in [-0.2, 0) is 0 Å². The Kier molecular flexibility index (Phi) is 6.54. The van der Waals surface area contributed by atoms with E-state index < -0.39 is 22.9 Å². The van der Waals surface area contributed by atoms with E-state index in [1.807, 2.05) is 13.8 Å². The van der Waals surface area contributed by atoms with Crippen LogP contribution >= 0.6 is 39.1 Å². The average molecular weight is 464 g/mol. The maximum absolute atomic E-state index is 13.8. The van der Waals surface area contributed by atoms with Crippen molar-refractivity contribution in [2.45, 2.75) is 26.7 Å². The predicted octanol–water partition coefficient (Wildman–Crippen LogP) is 5.08. The van der Waals surface area contributed by atoms with Gasteiger partial charge in [-0.15, -0.1) is 0 Å². The molecule has 2 rings (SSSR count). The number of nitrogens with one attached hydrogen (secondary N) is 2. The van der Waals surface area contributed by atoms with Gasteiger partial charge in [-0.3, -0.25) is 15.1 Å². The van der Waals surface area contributed by atoms with Crippen molar-refractivity contribution >= 4 is 56.8 Å². The third kappa shape index (κ3) is 4.31. The highest BCUT2D eigenvalue weighted by Crippen LogP contribution is 2.30. The van der Waals surface area contributed by atoms with Crippen LogP contribution < -0.4 is 10.6 Å². The van der Waals surface area contributed by atoms with Gasteiger partial charge >= 0.3 is 6.03 Å². The Bertz CT molecular complexity index is 893. The zero-order valence-corrected chi connectivity index (χ0v) is 17.1. The van der Waals surface area contributed by atoms with Gasteiger partial charge in [-0.1, -0.05) is 37.0 Å². The number of aryl methyl sites for hydroxylation is 1. The van der Waals surface area contributed by atoms with E-state index in [1.54, 1.807) is 19.2 Å². The molecule has 0 saturated carbocycles. The summed E-state index contributed by atoms with van der Waals surface area (Å²) < 4.78 is 13.5. The monoisotopic (exact) mass is 462 g/mol. The number of hydrogen-bond acceptors (Lipinski definition) is 4. The standard InChI is InChI=1S/C16H14BrCl2FN4O2/c1-6(2)11-12(7(3)4-5-21-11)22-16(26)24-15(25)8-9(17)10(20)14(19)23-13(8)18/h4-6H,1-3H3,(H2,22,24,25,26). The number of urea groups is 1. The van der Waals surface area contributed by atoms with E-state index in [0.29, 0.717) is 11.4 Å². The molecule has 2 N–H and O–H groups in total. The van der Waals surface area contributed by atoms with E-state index in [0.717, 1.165) is 5.56 Å². The zero-order valence-electron chi connectivity index (χ0n) is 14.0. The number of carbonyl (C=O) groups is 2. The molecule has 2 heterocycles. The Hall–Kier alpha value is -1.77. The molecule has 0 aromatic carbocycles. The third-order valence-corrected chi connectivity index (χ3v) is 4.69. The molecule has 2 aromatic rings. The number of carbonyl (C=O) groups excluding carboxylic acids is 2. The second-order valence-electron chi connectivity index (χ2n) is 5.65. The lowest BCUT2D eigenvalue weighted by Crippen LogP contribution is -2.35. The zero-order chi connectivity index (χ0) is 19.6. The van der Waals surface area contributed by atoms with Crippen LogP contribution in [0.1, 0.15) is 41.4 Å². The van der Waals surface area contributed by atoms with Crippen molar-refractivity contribution in [1.82, 2.24) is 15.3 Å². The number of pyridine rings is 2. The molecule has 0 saturated heterocycles. The highest BCUT2D eigenvalue weighted by Gasteiger charge is 2.24. The van der Waals surface area contributed by atoms with Gasteiger partial charge in [0.25, 0.3) is 5.91 Å². The van der Waals surface area contributed by atoms with Crippen LogP contribution in [0.2, 0.25) is 10.3 Å². The first kappa shape index (κ1) is 20.5. The van der Waals surface area contributed by atoms with E-state index in [2.05, 4.69) is 36.5 Å². The SMILES string of the molecule is Cc1ccnc(C(C)C)c1NC(=O)NC(=O)c1c(Cl)nc(Cl)c(F)c1Br. The van der Waals surface area contributed by atoms with Gasteiger partial charge in [-0.05, 0) is 40.4 Å². The summed E-state index contributed by atoms with van der Waals surface area (Å²) in [7, 11) is 0. The summed E-state index contributed by atoms with van der Waals surface area (Å²) in [6.45, 7) is 5.65. The van der Waals surface area contributed by atoms with Crippen molar-refractivity contribution in [3.63, 3.8) is 0 Å². The minimum absolute atomic E-state index is 0.0547. The minimum Gasteiger partial charge on any atom is -0.306 e. The van der Waals surface area contributed by atoms with Crippen LogP contribution in [0, 0.1) is 12.7 Å². The fourth-order valence-electron chi connectivity index (χ4n) is 2.17. The lowest BCUT2D eigenvalue weighted by atomic mass is 10.1. The Morgan fingerprint density at radius 2 is 1.92 bits per heavy atom. The first-order valence-electron chi connectivity index (χ1n) is 7.41. The van der Waals surface area contributed by atoms with Gasteiger partial charge in [0.1, 0.15) is 5.15 Å². The van der Waals surface area contributed by atoms with Crippen LogP contribution in [-0.4, -0.2) is 21.9 Å². The topological polar surface area (TPSA) is 84.0 Å². The summed E-state index contributed by atoms with van der Waals surface area (Å²) >= 11 is 14.3. The first-order chi connectivity index (χ1) is 12.1. The van der Waals surface area contributed by atoms with Crippen molar-refractivity contribution in [3.05, 3.63) is 49.7 Å². The maximum Gasteiger partial charge on any atom is 0.326 e. The van der Waals surface area contributed by atoms with Gasteiger partial charge < -0.3 is 5.32 Å². The Balaban J connectivity index is 2.25. The second-order valence-corrected chi connectivity index (χ2v) is 7.16. The van der Waals surface area contributed by atoms with Crippen LogP contribution in [0.3, 0.4) is 0 Å². The molecule has 0 spiro atoms. The number of halogens is 4. The average Bonchev–Trinajstić information content (AvgIpc) is 2.54. The molecule has 0 atom stereocenters. The number of amides is 3. The van der Waals surface area contributed by atoms with Crippen molar-refractivity contribution in [3.8, 4) is 0 Å². The van der Waals surface area contributed by atoms with Gasteiger partial charge in [-0.2, -0.15) is 0 Å². The maximum atomic E-state index is 13.8. The summed E-state index contributed by atoms with van der Waals surface area (Å²) in [5, 5.41) is 3.85. The van der Waals surface area contributed by atoms with E-state index in [4.69, 9.17) is 23.2 Å². The van der Waals surface area contributed by atoms with Crippen molar-refractivity contribution in [1.29, 1.82) is 0 Å². The van der Waals surface area contributed by atoms with E-state index in [1.165, 1.54) is 0 Å². The van der Waals surface area contributed by atoms with E-state index >= 15 is 0 Å². The van der Waals surface area contributed by atoms with Crippen molar-refractivity contribution < 1.29 is 14.0 Å². The van der Waals surface area contributed by atoms with E-state index in [9.17, 15) is 14.0 Å². The minimum atomic E-state index is -0.952. The van der Waals surface area contributed by atoms with Crippen LogP contribution in [0.25, 0.3) is 0 Å². The molecule has 6 nitrogen and oxygen atoms in total. The molecule has 0 aliphatic rings. The van der Waals surface area contributed by atoms with Gasteiger partial charge in [-0.25, -0.2) is 14.2 Å². The van der Waals surface area contributed by atoms with Crippen LogP contribution in [0.4, 0.5) is 14.9 Å². The Morgan fingerprint density at radius 1 is 1.27 bits per heavy atom. The Labute approximate surface area is 167 Å². The van der Waals surface area contributed by atoms with Crippen molar-refractivity contribution in [2.24, 2.45) is 0 Å². The summed E-state index contributed by atoms with van der Waals surface area (Å²) in [6.07, 6.45) is 1.64. The molecular formula is C16H14BrCl2FN4O2. The molecule has 0 bridgehead atoms. The highest BCUT2D eigenvalue weighted by molar-refractivity contribution is 9.10. The lowest BCUT2D eigenvalue weighted by molar-refractivity contribution is 0.0965. The fraction of sp³-hybridized carbons (Fsp3) is 0.250. The Morgan fingerprint density at radius 3 is 2.54 bits per heavy atom. The first-order valence-corrected chi connectivity index (χ1v) is 8.96. The lowest BCUT2D eigenvalue weighted by Gasteiger charge is -2.15. The largest absolute Gasteiger partial charge is 0.326 e. The smallest absolute Gasteiger partial charge is 0.306 e.